The van der Waals surface area contributed by atoms with Crippen LogP contribution in [0.25, 0.3) is 0 Å². The van der Waals surface area contributed by atoms with Crippen LogP contribution >= 0.6 is 15.9 Å². The Morgan fingerprint density at radius 2 is 2.05 bits per heavy atom. The molecule has 0 spiro atoms. The first-order valence-corrected chi connectivity index (χ1v) is 7.87. The number of carbonyl (C=O) groups is 1. The summed E-state index contributed by atoms with van der Waals surface area (Å²) in [5, 5.41) is 0. The molecule has 0 fully saturated rings. The lowest BCUT2D eigenvalue weighted by atomic mass is 10.1. The van der Waals surface area contributed by atoms with Crippen molar-refractivity contribution in [3.05, 3.63) is 28.2 Å². The minimum absolute atomic E-state index is 0.107. The molecule has 1 rings (SSSR count). The molecule has 106 valence electrons. The van der Waals surface area contributed by atoms with E-state index in [4.69, 9.17) is 0 Å². The smallest absolute Gasteiger partial charge is 0.159 e. The Balaban J connectivity index is 3.04. The van der Waals surface area contributed by atoms with Gasteiger partial charge in [-0.25, -0.2) is 0 Å². The summed E-state index contributed by atoms with van der Waals surface area (Å²) in [4.78, 5) is 13.8. The van der Waals surface area contributed by atoms with Gasteiger partial charge in [0.1, 0.15) is 0 Å². The Bertz CT molecular complexity index is 431. The second kappa shape index (κ2) is 7.68. The summed E-state index contributed by atoms with van der Waals surface area (Å²) >= 11 is 3.61. The molecule has 1 aromatic carbocycles. The summed E-state index contributed by atoms with van der Waals surface area (Å²) in [6.07, 6.45) is 3.49. The Morgan fingerprint density at radius 1 is 1.37 bits per heavy atom. The van der Waals surface area contributed by atoms with Crippen molar-refractivity contribution in [1.29, 1.82) is 0 Å². The quantitative estimate of drug-likeness (QED) is 0.653. The van der Waals surface area contributed by atoms with Gasteiger partial charge < -0.3 is 4.90 Å². The van der Waals surface area contributed by atoms with E-state index in [2.05, 4.69) is 47.7 Å². The van der Waals surface area contributed by atoms with Gasteiger partial charge in [0.2, 0.25) is 0 Å². The molecule has 0 saturated heterocycles. The van der Waals surface area contributed by atoms with E-state index < -0.39 is 0 Å². The van der Waals surface area contributed by atoms with Crippen LogP contribution in [0.4, 0.5) is 5.69 Å². The lowest BCUT2D eigenvalue weighted by Crippen LogP contribution is -2.33. The number of ketones is 1. The van der Waals surface area contributed by atoms with Gasteiger partial charge in [-0.05, 0) is 60.8 Å². The second-order valence-electron chi connectivity index (χ2n) is 5.03. The second-order valence-corrected chi connectivity index (χ2v) is 5.88. The summed E-state index contributed by atoms with van der Waals surface area (Å²) in [5.74, 6) is 0.107. The molecule has 0 saturated carbocycles. The Morgan fingerprint density at radius 3 is 2.53 bits per heavy atom. The minimum Gasteiger partial charge on any atom is -0.368 e. The van der Waals surface area contributed by atoms with Crippen LogP contribution < -0.4 is 4.90 Å². The van der Waals surface area contributed by atoms with Crippen LogP contribution in [0.15, 0.2) is 22.7 Å². The van der Waals surface area contributed by atoms with Crippen LogP contribution in [0, 0.1) is 0 Å². The number of hydrogen-bond donors (Lipinski definition) is 0. The third-order valence-corrected chi connectivity index (χ3v) is 4.17. The fourth-order valence-electron chi connectivity index (χ4n) is 2.09. The SMILES string of the molecule is CCCCN(c1ccc(C(C)=O)cc1Br)C(C)CC. The number of benzene rings is 1. The first-order valence-electron chi connectivity index (χ1n) is 7.08. The van der Waals surface area contributed by atoms with Crippen LogP contribution in [0.3, 0.4) is 0 Å². The van der Waals surface area contributed by atoms with E-state index in [1.54, 1.807) is 6.92 Å². The van der Waals surface area contributed by atoms with Gasteiger partial charge in [0.15, 0.2) is 5.78 Å². The lowest BCUT2D eigenvalue weighted by Gasteiger charge is -2.32. The predicted octanol–water partition coefficient (Wildman–Crippen LogP) is 5.06. The van der Waals surface area contributed by atoms with Gasteiger partial charge in [0.05, 0.1) is 5.69 Å². The zero-order valence-corrected chi connectivity index (χ0v) is 14.0. The highest BCUT2D eigenvalue weighted by Gasteiger charge is 2.16. The van der Waals surface area contributed by atoms with Crippen LogP contribution in [0.2, 0.25) is 0 Å². The van der Waals surface area contributed by atoms with E-state index in [1.165, 1.54) is 18.5 Å². The van der Waals surface area contributed by atoms with Crippen LogP contribution in [-0.2, 0) is 0 Å². The minimum atomic E-state index is 0.107. The lowest BCUT2D eigenvalue weighted by molar-refractivity contribution is 0.101. The summed E-state index contributed by atoms with van der Waals surface area (Å²) in [6, 6.07) is 6.41. The van der Waals surface area contributed by atoms with E-state index in [9.17, 15) is 4.79 Å². The summed E-state index contributed by atoms with van der Waals surface area (Å²) in [6.45, 7) is 9.33. The highest BCUT2D eigenvalue weighted by Crippen LogP contribution is 2.30. The summed E-state index contributed by atoms with van der Waals surface area (Å²) < 4.78 is 1.01. The van der Waals surface area contributed by atoms with Crippen LogP contribution in [0.1, 0.15) is 57.3 Å². The summed E-state index contributed by atoms with van der Waals surface area (Å²) in [5.41, 5.74) is 1.95. The van der Waals surface area contributed by atoms with Gasteiger partial charge in [0.25, 0.3) is 0 Å². The van der Waals surface area contributed by atoms with Crippen LogP contribution in [0.5, 0.6) is 0 Å². The molecule has 0 radical (unpaired) electrons. The molecule has 1 aromatic rings. The fourth-order valence-corrected chi connectivity index (χ4v) is 2.69. The normalized spacial score (nSPS) is 12.3. The molecule has 0 bridgehead atoms. The highest BCUT2D eigenvalue weighted by atomic mass is 79.9. The van der Waals surface area contributed by atoms with Gasteiger partial charge in [0, 0.05) is 22.6 Å². The van der Waals surface area contributed by atoms with E-state index in [-0.39, 0.29) is 5.78 Å². The van der Waals surface area contributed by atoms with E-state index in [0.717, 1.165) is 23.0 Å². The number of anilines is 1. The molecule has 0 amide bonds. The van der Waals surface area contributed by atoms with Crippen LogP contribution in [-0.4, -0.2) is 18.4 Å². The van der Waals surface area contributed by atoms with Crippen molar-refractivity contribution in [1.82, 2.24) is 0 Å². The fraction of sp³-hybridized carbons (Fsp3) is 0.562. The molecule has 0 aliphatic rings. The maximum absolute atomic E-state index is 11.4. The number of carbonyl (C=O) groups excluding carboxylic acids is 1. The average molecular weight is 326 g/mol. The van der Waals surface area contributed by atoms with Crippen molar-refractivity contribution in [3.63, 3.8) is 0 Å². The third-order valence-electron chi connectivity index (χ3n) is 3.54. The van der Waals surface area contributed by atoms with Crippen molar-refractivity contribution in [3.8, 4) is 0 Å². The average Bonchev–Trinajstić information content (AvgIpc) is 2.39. The predicted molar refractivity (Wildman–Crippen MR) is 86.2 cm³/mol. The molecule has 0 aliphatic carbocycles. The molecule has 0 aliphatic heterocycles. The number of halogens is 1. The number of Topliss-reactive ketones (excluding diaryl/α,β-unsaturated/α-hetero) is 1. The van der Waals surface area contributed by atoms with Gasteiger partial charge in [-0.1, -0.05) is 20.3 Å². The first kappa shape index (κ1) is 16.2. The summed E-state index contributed by atoms with van der Waals surface area (Å²) in [7, 11) is 0. The monoisotopic (exact) mass is 325 g/mol. The molecule has 1 atom stereocenters. The molecule has 0 heterocycles. The number of hydrogen-bond acceptors (Lipinski definition) is 2. The van der Waals surface area contributed by atoms with Crippen molar-refractivity contribution >= 4 is 27.4 Å². The highest BCUT2D eigenvalue weighted by molar-refractivity contribution is 9.10. The standard InChI is InChI=1S/C16H24BrNO/c1-5-7-10-18(12(3)6-2)16-9-8-14(13(4)19)11-15(16)17/h8-9,11-12H,5-7,10H2,1-4H3. The van der Waals surface area contributed by atoms with Crippen molar-refractivity contribution in [2.24, 2.45) is 0 Å². The van der Waals surface area contributed by atoms with Crippen molar-refractivity contribution in [2.45, 2.75) is 53.0 Å². The Kier molecular flexibility index (Phi) is 6.56. The molecule has 2 nitrogen and oxygen atoms in total. The van der Waals surface area contributed by atoms with Gasteiger partial charge in [-0.3, -0.25) is 4.79 Å². The topological polar surface area (TPSA) is 20.3 Å². The molecule has 3 heteroatoms. The third kappa shape index (κ3) is 4.34. The Labute approximate surface area is 125 Å². The molecule has 1 unspecified atom stereocenters. The van der Waals surface area contributed by atoms with Gasteiger partial charge in [-0.2, -0.15) is 0 Å². The zero-order valence-electron chi connectivity index (χ0n) is 12.4. The number of nitrogens with zero attached hydrogens (tertiary/aromatic N) is 1. The van der Waals surface area contributed by atoms with Crippen molar-refractivity contribution < 1.29 is 4.79 Å². The molecular weight excluding hydrogens is 302 g/mol. The van der Waals surface area contributed by atoms with E-state index >= 15 is 0 Å². The maximum Gasteiger partial charge on any atom is 0.159 e. The number of unbranched alkanes of at least 4 members (excludes halogenated alkanes) is 1. The largest absolute Gasteiger partial charge is 0.368 e. The zero-order chi connectivity index (χ0) is 14.4. The Hall–Kier alpha value is -0.830. The maximum atomic E-state index is 11.4. The molecule has 0 N–H and O–H groups in total. The first-order chi connectivity index (χ1) is 9.01. The molecule has 19 heavy (non-hydrogen) atoms. The van der Waals surface area contributed by atoms with E-state index in [1.807, 2.05) is 12.1 Å². The molecule has 0 aromatic heterocycles. The van der Waals surface area contributed by atoms with Gasteiger partial charge >= 0.3 is 0 Å². The van der Waals surface area contributed by atoms with E-state index in [0.29, 0.717) is 6.04 Å². The van der Waals surface area contributed by atoms with Gasteiger partial charge in [-0.15, -0.1) is 0 Å². The van der Waals surface area contributed by atoms with Crippen molar-refractivity contribution in [2.75, 3.05) is 11.4 Å². The molecular formula is C16H24BrNO. The number of rotatable bonds is 7.